The van der Waals surface area contributed by atoms with Crippen molar-refractivity contribution < 1.29 is 28.7 Å². The third-order valence-corrected chi connectivity index (χ3v) is 6.63. The van der Waals surface area contributed by atoms with E-state index in [1.165, 1.54) is 35.6 Å². The fourth-order valence-electron chi connectivity index (χ4n) is 3.73. The van der Waals surface area contributed by atoms with E-state index in [0.717, 1.165) is 16.8 Å². The highest BCUT2D eigenvalue weighted by Gasteiger charge is 2.37. The number of thiophene rings is 1. The first-order valence-corrected chi connectivity index (χ1v) is 11.6. The Bertz CT molecular complexity index is 1230. The first-order valence-electron chi connectivity index (χ1n) is 10.8. The normalized spacial score (nSPS) is 15.3. The standard InChI is InChI=1S/C26H23NO6S/c1-16-5-3-6-21(17(16)2)27-14-19(13-24(27)29)25(30)32-15-22(28)18-8-10-20(11-9-18)33-26(31)23-7-4-12-34-23/h3-12,19H,13-15H2,1-2H3/t19-/m0/s1. The number of ketones is 1. The quantitative estimate of drug-likeness (QED) is 0.285. The van der Waals surface area contributed by atoms with Gasteiger partial charge in [0.1, 0.15) is 10.6 Å². The molecule has 0 aliphatic carbocycles. The predicted molar refractivity (Wildman–Crippen MR) is 127 cm³/mol. The fraction of sp³-hybridized carbons (Fsp3) is 0.231. The molecule has 1 atom stereocenters. The lowest BCUT2D eigenvalue weighted by Crippen LogP contribution is -2.27. The monoisotopic (exact) mass is 477 g/mol. The molecular formula is C26H23NO6S. The molecule has 3 aromatic rings. The van der Waals surface area contributed by atoms with Gasteiger partial charge < -0.3 is 14.4 Å². The molecule has 0 saturated carbocycles. The number of nitrogens with zero attached hydrogens (tertiary/aromatic N) is 1. The van der Waals surface area contributed by atoms with E-state index in [1.807, 2.05) is 32.0 Å². The van der Waals surface area contributed by atoms with E-state index in [9.17, 15) is 19.2 Å². The molecule has 4 rings (SSSR count). The van der Waals surface area contributed by atoms with E-state index in [-0.39, 0.29) is 24.7 Å². The molecule has 174 valence electrons. The Morgan fingerprint density at radius 1 is 1.03 bits per heavy atom. The number of ether oxygens (including phenoxy) is 2. The minimum atomic E-state index is -0.626. The first kappa shape index (κ1) is 23.4. The SMILES string of the molecule is Cc1cccc(N2C[C@@H](C(=O)OCC(=O)c3ccc(OC(=O)c4cccs4)cc3)CC2=O)c1C. The Morgan fingerprint density at radius 3 is 2.50 bits per heavy atom. The summed E-state index contributed by atoms with van der Waals surface area (Å²) in [6.45, 7) is 3.70. The average molecular weight is 478 g/mol. The molecule has 0 spiro atoms. The average Bonchev–Trinajstić information content (AvgIpc) is 3.50. The van der Waals surface area contributed by atoms with E-state index in [0.29, 0.717) is 16.2 Å². The topological polar surface area (TPSA) is 90.0 Å². The van der Waals surface area contributed by atoms with Crippen LogP contribution in [0.1, 0.15) is 37.6 Å². The van der Waals surface area contributed by atoms with Gasteiger partial charge in [-0.2, -0.15) is 0 Å². The zero-order valence-corrected chi connectivity index (χ0v) is 19.6. The van der Waals surface area contributed by atoms with Gasteiger partial charge in [0.05, 0.1) is 5.92 Å². The second-order valence-electron chi connectivity index (χ2n) is 8.05. The van der Waals surface area contributed by atoms with Crippen LogP contribution in [-0.2, 0) is 14.3 Å². The summed E-state index contributed by atoms with van der Waals surface area (Å²) >= 11 is 1.28. The highest BCUT2D eigenvalue weighted by molar-refractivity contribution is 7.12. The summed E-state index contributed by atoms with van der Waals surface area (Å²) in [7, 11) is 0. The maximum absolute atomic E-state index is 12.5. The van der Waals surface area contributed by atoms with Gasteiger partial charge >= 0.3 is 11.9 Å². The van der Waals surface area contributed by atoms with Crippen molar-refractivity contribution in [3.05, 3.63) is 81.5 Å². The van der Waals surface area contributed by atoms with Gasteiger partial charge in [-0.15, -0.1) is 11.3 Å². The molecule has 2 heterocycles. The van der Waals surface area contributed by atoms with E-state index in [1.54, 1.807) is 22.4 Å². The summed E-state index contributed by atoms with van der Waals surface area (Å²) in [5.41, 5.74) is 3.17. The number of aryl methyl sites for hydroxylation is 1. The summed E-state index contributed by atoms with van der Waals surface area (Å²) < 4.78 is 10.5. The number of carbonyl (C=O) groups excluding carboxylic acids is 4. The molecule has 1 fully saturated rings. The summed E-state index contributed by atoms with van der Waals surface area (Å²) in [5.74, 6) is -1.89. The summed E-state index contributed by atoms with van der Waals surface area (Å²) in [4.78, 5) is 51.6. The third-order valence-electron chi connectivity index (χ3n) is 5.78. The van der Waals surface area contributed by atoms with Gasteiger partial charge in [0.25, 0.3) is 0 Å². The number of benzene rings is 2. The van der Waals surface area contributed by atoms with Gasteiger partial charge in [-0.05, 0) is 66.8 Å². The smallest absolute Gasteiger partial charge is 0.353 e. The van der Waals surface area contributed by atoms with Gasteiger partial charge in [-0.3, -0.25) is 14.4 Å². The van der Waals surface area contributed by atoms with Crippen LogP contribution in [0.5, 0.6) is 5.75 Å². The van der Waals surface area contributed by atoms with Gasteiger partial charge in [-0.25, -0.2) is 4.79 Å². The lowest BCUT2D eigenvalue weighted by atomic mass is 10.1. The molecule has 34 heavy (non-hydrogen) atoms. The minimum Gasteiger partial charge on any atom is -0.457 e. The maximum atomic E-state index is 12.5. The van der Waals surface area contributed by atoms with E-state index >= 15 is 0 Å². The summed E-state index contributed by atoms with van der Waals surface area (Å²) in [5, 5.41) is 1.78. The van der Waals surface area contributed by atoms with Crippen LogP contribution in [0, 0.1) is 19.8 Å². The predicted octanol–water partition coefficient (Wildman–Crippen LogP) is 4.36. The van der Waals surface area contributed by atoms with Crippen LogP contribution < -0.4 is 9.64 Å². The zero-order valence-electron chi connectivity index (χ0n) is 18.8. The zero-order chi connectivity index (χ0) is 24.2. The summed E-state index contributed by atoms with van der Waals surface area (Å²) in [6.07, 6.45) is 0.0463. The lowest BCUT2D eigenvalue weighted by molar-refractivity contribution is -0.147. The van der Waals surface area contributed by atoms with Crippen molar-refractivity contribution in [3.8, 4) is 5.75 Å². The molecule has 8 heteroatoms. The summed E-state index contributed by atoms with van der Waals surface area (Å²) in [6, 6.07) is 15.2. The van der Waals surface area contributed by atoms with Crippen molar-refractivity contribution in [2.75, 3.05) is 18.1 Å². The van der Waals surface area contributed by atoms with E-state index in [2.05, 4.69) is 0 Å². The molecule has 0 N–H and O–H groups in total. The molecule has 1 amide bonds. The number of hydrogen-bond donors (Lipinski definition) is 0. The molecule has 1 aliphatic heterocycles. The highest BCUT2D eigenvalue weighted by Crippen LogP contribution is 2.30. The van der Waals surface area contributed by atoms with E-state index < -0.39 is 24.5 Å². The van der Waals surface area contributed by atoms with Crippen molar-refractivity contribution in [3.63, 3.8) is 0 Å². The van der Waals surface area contributed by atoms with Gasteiger partial charge in [-0.1, -0.05) is 18.2 Å². The molecule has 0 bridgehead atoms. The fourth-order valence-corrected chi connectivity index (χ4v) is 4.32. The first-order chi connectivity index (χ1) is 16.3. The largest absolute Gasteiger partial charge is 0.457 e. The van der Waals surface area contributed by atoms with Crippen LogP contribution in [0.25, 0.3) is 0 Å². The van der Waals surface area contributed by atoms with E-state index in [4.69, 9.17) is 9.47 Å². The van der Waals surface area contributed by atoms with Crippen LogP contribution in [0.2, 0.25) is 0 Å². The Morgan fingerprint density at radius 2 is 1.79 bits per heavy atom. The van der Waals surface area contributed by atoms with Crippen molar-refractivity contribution in [1.29, 1.82) is 0 Å². The Kier molecular flexibility index (Phi) is 6.88. The Labute approximate surface area is 200 Å². The van der Waals surface area contributed by atoms with Gasteiger partial charge in [0.15, 0.2) is 12.4 Å². The molecule has 2 aromatic carbocycles. The van der Waals surface area contributed by atoms with Gasteiger partial charge in [0, 0.05) is 24.2 Å². The maximum Gasteiger partial charge on any atom is 0.353 e. The highest BCUT2D eigenvalue weighted by atomic mass is 32.1. The molecule has 7 nitrogen and oxygen atoms in total. The van der Waals surface area contributed by atoms with Crippen LogP contribution in [0.15, 0.2) is 60.0 Å². The lowest BCUT2D eigenvalue weighted by Gasteiger charge is -2.20. The number of amides is 1. The van der Waals surface area contributed by atoms with Crippen LogP contribution in [0.4, 0.5) is 5.69 Å². The van der Waals surface area contributed by atoms with Crippen LogP contribution >= 0.6 is 11.3 Å². The van der Waals surface area contributed by atoms with Gasteiger partial charge in [0.2, 0.25) is 5.91 Å². The number of Topliss-reactive ketones (excluding diaryl/α,β-unsaturated/α-hetero) is 1. The molecule has 1 aliphatic rings. The van der Waals surface area contributed by atoms with Crippen LogP contribution in [-0.4, -0.2) is 36.8 Å². The molecule has 1 saturated heterocycles. The molecule has 0 radical (unpaired) electrons. The van der Waals surface area contributed by atoms with Crippen molar-refractivity contribution >= 4 is 40.7 Å². The van der Waals surface area contributed by atoms with Crippen molar-refractivity contribution in [1.82, 2.24) is 0 Å². The van der Waals surface area contributed by atoms with Crippen LogP contribution in [0.3, 0.4) is 0 Å². The number of esters is 2. The number of hydrogen-bond acceptors (Lipinski definition) is 7. The Balaban J connectivity index is 1.30. The van der Waals surface area contributed by atoms with Crippen molar-refractivity contribution in [2.24, 2.45) is 5.92 Å². The molecular weight excluding hydrogens is 454 g/mol. The Hall–Kier alpha value is -3.78. The minimum absolute atomic E-state index is 0.0463. The molecule has 1 aromatic heterocycles. The number of rotatable bonds is 7. The second-order valence-corrected chi connectivity index (χ2v) is 8.99. The third kappa shape index (κ3) is 5.07. The second kappa shape index (κ2) is 10.0. The molecule has 0 unspecified atom stereocenters. The van der Waals surface area contributed by atoms with Crippen molar-refractivity contribution in [2.45, 2.75) is 20.3 Å². The number of carbonyl (C=O) groups is 4. The number of anilines is 1.